The van der Waals surface area contributed by atoms with Crippen LogP contribution in [0.2, 0.25) is 0 Å². The number of nitrogens with zero attached hydrogens (tertiary/aromatic N) is 2. The molecule has 1 aliphatic heterocycles. The summed E-state index contributed by atoms with van der Waals surface area (Å²) in [5.74, 6) is 1.54. The van der Waals surface area contributed by atoms with Crippen molar-refractivity contribution in [2.24, 2.45) is 11.3 Å². The summed E-state index contributed by atoms with van der Waals surface area (Å²) in [5, 5.41) is 0. The summed E-state index contributed by atoms with van der Waals surface area (Å²) in [6.07, 6.45) is 7.26. The number of hydrogen-bond acceptors (Lipinski definition) is 3. The van der Waals surface area contributed by atoms with E-state index >= 15 is 0 Å². The molecular formula is C16H20N2O. The highest BCUT2D eigenvalue weighted by molar-refractivity contribution is 5.75. The zero-order valence-electron chi connectivity index (χ0n) is 11.6. The first-order valence-electron chi connectivity index (χ1n) is 7.26. The van der Waals surface area contributed by atoms with Crippen molar-refractivity contribution in [3.05, 3.63) is 30.0 Å². The van der Waals surface area contributed by atoms with Crippen molar-refractivity contribution in [3.8, 4) is 5.88 Å². The van der Waals surface area contributed by atoms with Gasteiger partial charge in [0.15, 0.2) is 0 Å². The number of allylic oxidation sites excluding steroid dienone is 1. The Hall–Kier alpha value is -1.35. The van der Waals surface area contributed by atoms with E-state index in [1.807, 2.05) is 19.2 Å². The Balaban J connectivity index is 1.64. The maximum absolute atomic E-state index is 5.42. The summed E-state index contributed by atoms with van der Waals surface area (Å²) in [6.45, 7) is 3.93. The van der Waals surface area contributed by atoms with Crippen molar-refractivity contribution in [2.75, 3.05) is 20.2 Å². The Morgan fingerprint density at radius 1 is 1.47 bits per heavy atom. The zero-order chi connectivity index (χ0) is 13.0. The molecule has 0 N–H and O–H groups in total. The molecule has 100 valence electrons. The maximum atomic E-state index is 5.42. The van der Waals surface area contributed by atoms with Crippen molar-refractivity contribution in [1.29, 1.82) is 0 Å². The fraction of sp³-hybridized carbons (Fsp3) is 0.562. The molecule has 3 heteroatoms. The van der Waals surface area contributed by atoms with Crippen LogP contribution in [0.3, 0.4) is 0 Å². The highest BCUT2D eigenvalue weighted by atomic mass is 16.5. The molecule has 1 spiro atoms. The molecule has 2 aliphatic carbocycles. The summed E-state index contributed by atoms with van der Waals surface area (Å²) in [5.41, 5.74) is 3.35. The summed E-state index contributed by atoms with van der Waals surface area (Å²) < 4.78 is 5.42. The van der Waals surface area contributed by atoms with Crippen LogP contribution in [0.25, 0.3) is 5.57 Å². The van der Waals surface area contributed by atoms with Crippen LogP contribution < -0.4 is 4.74 Å². The van der Waals surface area contributed by atoms with Gasteiger partial charge in [0.25, 0.3) is 0 Å². The molecule has 19 heavy (non-hydrogen) atoms. The molecule has 0 amide bonds. The van der Waals surface area contributed by atoms with E-state index in [0.29, 0.717) is 18.1 Å². The highest BCUT2D eigenvalue weighted by Gasteiger charge is 2.64. The van der Waals surface area contributed by atoms with Gasteiger partial charge in [0.2, 0.25) is 5.88 Å². The molecule has 0 radical (unpaired) electrons. The van der Waals surface area contributed by atoms with Crippen LogP contribution >= 0.6 is 0 Å². The molecule has 3 atom stereocenters. The highest BCUT2D eigenvalue weighted by Crippen LogP contribution is 2.65. The predicted octanol–water partition coefficient (Wildman–Crippen LogP) is 2.59. The Bertz CT molecular complexity index is 536. The molecule has 3 aliphatic rings. The first-order chi connectivity index (χ1) is 9.24. The third kappa shape index (κ3) is 1.39. The summed E-state index contributed by atoms with van der Waals surface area (Å²) in [4.78, 5) is 6.90. The van der Waals surface area contributed by atoms with E-state index in [4.69, 9.17) is 4.74 Å². The Morgan fingerprint density at radius 2 is 2.37 bits per heavy atom. The zero-order valence-corrected chi connectivity index (χ0v) is 11.6. The van der Waals surface area contributed by atoms with Crippen LogP contribution in [0.15, 0.2) is 24.4 Å². The van der Waals surface area contributed by atoms with E-state index < -0.39 is 0 Å². The molecule has 1 aromatic heterocycles. The van der Waals surface area contributed by atoms with E-state index in [0.717, 1.165) is 11.8 Å². The lowest BCUT2D eigenvalue weighted by Gasteiger charge is -2.62. The molecule has 4 rings (SSSR count). The van der Waals surface area contributed by atoms with E-state index in [1.54, 1.807) is 0 Å². The number of hydrogen-bond donors (Lipinski definition) is 0. The number of pyridine rings is 1. The van der Waals surface area contributed by atoms with E-state index in [-0.39, 0.29) is 0 Å². The summed E-state index contributed by atoms with van der Waals surface area (Å²) in [7, 11) is 2.24. The average molecular weight is 256 g/mol. The minimum atomic E-state index is 0.586. The smallest absolute Gasteiger partial charge is 0.213 e. The molecule has 2 fully saturated rings. The first-order valence-corrected chi connectivity index (χ1v) is 7.26. The molecular weight excluding hydrogens is 236 g/mol. The maximum Gasteiger partial charge on any atom is 0.213 e. The van der Waals surface area contributed by atoms with Gasteiger partial charge in [0.1, 0.15) is 0 Å². The number of likely N-dealkylation sites (tertiary alicyclic amines) is 1. The van der Waals surface area contributed by atoms with Crippen LogP contribution in [0.4, 0.5) is 0 Å². The van der Waals surface area contributed by atoms with Crippen LogP contribution in [0.5, 0.6) is 5.88 Å². The van der Waals surface area contributed by atoms with Crippen LogP contribution in [-0.4, -0.2) is 36.1 Å². The average Bonchev–Trinajstić information content (AvgIpc) is 2.56. The van der Waals surface area contributed by atoms with Gasteiger partial charge >= 0.3 is 0 Å². The fourth-order valence-electron chi connectivity index (χ4n) is 4.33. The predicted molar refractivity (Wildman–Crippen MR) is 75.0 cm³/mol. The van der Waals surface area contributed by atoms with E-state index in [2.05, 4.69) is 29.1 Å². The van der Waals surface area contributed by atoms with Gasteiger partial charge in [-0.25, -0.2) is 4.98 Å². The monoisotopic (exact) mass is 256 g/mol. The number of rotatable bonds is 3. The fourth-order valence-corrected chi connectivity index (χ4v) is 4.33. The van der Waals surface area contributed by atoms with E-state index in [9.17, 15) is 0 Å². The SMILES string of the molecule is CCOc1ccc(C2=CC3CCC34CN(C)C24)cn1. The van der Waals surface area contributed by atoms with Gasteiger partial charge in [-0.2, -0.15) is 0 Å². The Labute approximate surface area is 114 Å². The van der Waals surface area contributed by atoms with Crippen molar-refractivity contribution in [2.45, 2.75) is 25.8 Å². The molecule has 3 nitrogen and oxygen atoms in total. The number of ether oxygens (including phenoxy) is 1. The van der Waals surface area contributed by atoms with Crippen LogP contribution in [0.1, 0.15) is 25.3 Å². The van der Waals surface area contributed by atoms with Gasteiger partial charge < -0.3 is 4.74 Å². The largest absolute Gasteiger partial charge is 0.478 e. The van der Waals surface area contributed by atoms with Gasteiger partial charge in [0.05, 0.1) is 6.61 Å². The van der Waals surface area contributed by atoms with Crippen LogP contribution in [-0.2, 0) is 0 Å². The van der Waals surface area contributed by atoms with Gasteiger partial charge in [0, 0.05) is 30.3 Å². The van der Waals surface area contributed by atoms with Crippen molar-refractivity contribution < 1.29 is 4.74 Å². The standard InChI is InChI=1S/C16H20N2O/c1-3-19-14-5-4-11(9-17-14)13-8-12-6-7-16(12)10-18(2)15(13)16/h4-5,8-9,12,15H,3,6-7,10H2,1-2H3. The summed E-state index contributed by atoms with van der Waals surface area (Å²) in [6, 6.07) is 4.78. The third-order valence-corrected chi connectivity index (χ3v) is 5.23. The van der Waals surface area contributed by atoms with Crippen LogP contribution in [0, 0.1) is 11.3 Å². The molecule has 1 aromatic rings. The van der Waals surface area contributed by atoms with Gasteiger partial charge in [-0.3, -0.25) is 4.90 Å². The Kier molecular flexibility index (Phi) is 2.31. The number of likely N-dealkylation sites (N-methyl/N-ethyl adjacent to an activating group) is 1. The second-order valence-electron chi connectivity index (χ2n) is 6.14. The quantitative estimate of drug-likeness (QED) is 0.831. The van der Waals surface area contributed by atoms with Gasteiger partial charge in [-0.05, 0) is 49.9 Å². The molecule has 3 unspecified atom stereocenters. The van der Waals surface area contributed by atoms with Crippen molar-refractivity contribution in [1.82, 2.24) is 9.88 Å². The topological polar surface area (TPSA) is 25.4 Å². The lowest BCUT2D eigenvalue weighted by Crippen LogP contribution is -2.66. The lowest BCUT2D eigenvalue weighted by atomic mass is 9.54. The van der Waals surface area contributed by atoms with Crippen molar-refractivity contribution >= 4 is 5.57 Å². The third-order valence-electron chi connectivity index (χ3n) is 5.23. The Morgan fingerprint density at radius 3 is 2.95 bits per heavy atom. The van der Waals surface area contributed by atoms with E-state index in [1.165, 1.54) is 30.5 Å². The van der Waals surface area contributed by atoms with Gasteiger partial charge in [-0.15, -0.1) is 0 Å². The van der Waals surface area contributed by atoms with Gasteiger partial charge in [-0.1, -0.05) is 6.08 Å². The second kappa shape index (κ2) is 3.83. The molecule has 2 heterocycles. The summed E-state index contributed by atoms with van der Waals surface area (Å²) >= 11 is 0. The first kappa shape index (κ1) is 11.5. The minimum absolute atomic E-state index is 0.586. The second-order valence-corrected chi connectivity index (χ2v) is 6.14. The normalized spacial score (nSPS) is 35.8. The molecule has 0 bridgehead atoms. The number of aromatic nitrogens is 1. The lowest BCUT2D eigenvalue weighted by molar-refractivity contribution is -0.103. The molecule has 1 saturated carbocycles. The minimum Gasteiger partial charge on any atom is -0.478 e. The molecule has 0 aromatic carbocycles. The van der Waals surface area contributed by atoms with Crippen molar-refractivity contribution in [3.63, 3.8) is 0 Å². The molecule has 1 saturated heterocycles.